The molecule has 60 heavy (non-hydrogen) atoms. The third-order valence-corrected chi connectivity index (χ3v) is 13.8. The van der Waals surface area contributed by atoms with Crippen molar-refractivity contribution in [2.24, 2.45) is 5.41 Å². The molecule has 15 unspecified atom stereocenters. The van der Waals surface area contributed by atoms with E-state index < -0.39 is 84.0 Å². The van der Waals surface area contributed by atoms with Crippen molar-refractivity contribution in [1.29, 1.82) is 0 Å². The lowest BCUT2D eigenvalue weighted by molar-refractivity contribution is -0.346. The number of carbonyl (C=O) groups is 2. The summed E-state index contributed by atoms with van der Waals surface area (Å²) in [6.45, 7) is 13.0. The fourth-order valence-electron chi connectivity index (χ4n) is 7.82. The maximum Gasteiger partial charge on any atom is 0.338 e. The van der Waals surface area contributed by atoms with Crippen LogP contribution < -0.4 is 0 Å². The maximum atomic E-state index is 13.6. The van der Waals surface area contributed by atoms with E-state index in [0.29, 0.717) is 5.56 Å². The number of hydrogen-bond acceptors (Lipinski definition) is 14. The van der Waals surface area contributed by atoms with Crippen LogP contribution in [-0.4, -0.2) is 123 Å². The highest BCUT2D eigenvalue weighted by molar-refractivity contribution is 8.00. The second-order valence-electron chi connectivity index (χ2n) is 16.4. The van der Waals surface area contributed by atoms with Crippen LogP contribution in [0.3, 0.4) is 0 Å². The van der Waals surface area contributed by atoms with E-state index in [2.05, 4.69) is 19.1 Å². The van der Waals surface area contributed by atoms with Crippen LogP contribution in [0, 0.1) is 5.41 Å². The second kappa shape index (κ2) is 20.9. The van der Waals surface area contributed by atoms with Gasteiger partial charge in [0.2, 0.25) is 0 Å². The third kappa shape index (κ3) is 10.9. The predicted octanol–water partition coefficient (Wildman–Crippen LogP) is 7.60. The van der Waals surface area contributed by atoms with Crippen LogP contribution in [0.2, 0.25) is 0 Å². The van der Waals surface area contributed by atoms with Crippen molar-refractivity contribution in [2.45, 2.75) is 148 Å². The van der Waals surface area contributed by atoms with E-state index in [1.807, 2.05) is 68.4 Å². The van der Waals surface area contributed by atoms with E-state index in [0.717, 1.165) is 9.79 Å². The van der Waals surface area contributed by atoms with Crippen molar-refractivity contribution in [2.75, 3.05) is 21.3 Å². The molecule has 0 N–H and O–H groups in total. The lowest BCUT2D eigenvalue weighted by atomic mass is 9.95. The molecule has 0 aliphatic carbocycles. The van der Waals surface area contributed by atoms with Gasteiger partial charge in [0.05, 0.1) is 45.9 Å². The Morgan fingerprint density at radius 1 is 0.500 bits per heavy atom. The molecule has 3 aliphatic heterocycles. The quantitative estimate of drug-likeness (QED) is 0.148. The summed E-state index contributed by atoms with van der Waals surface area (Å²) in [4.78, 5) is 29.0. The minimum Gasteiger partial charge on any atom is -0.454 e. The lowest BCUT2D eigenvalue weighted by Crippen LogP contribution is -2.65. The summed E-state index contributed by atoms with van der Waals surface area (Å²) in [5, 5.41) is -0.547. The number of thioether (sulfide) groups is 2. The first kappa shape index (κ1) is 46.5. The largest absolute Gasteiger partial charge is 0.454 e. The first-order chi connectivity index (χ1) is 28.7. The van der Waals surface area contributed by atoms with Crippen LogP contribution in [0.15, 0.2) is 101 Å². The van der Waals surface area contributed by atoms with Gasteiger partial charge in [-0.05, 0) is 84.9 Å². The zero-order chi connectivity index (χ0) is 43.1. The highest BCUT2D eigenvalue weighted by Gasteiger charge is 2.55. The highest BCUT2D eigenvalue weighted by atomic mass is 32.2. The Hall–Kier alpha value is -3.02. The first-order valence-corrected chi connectivity index (χ1v) is 22.3. The summed E-state index contributed by atoms with van der Waals surface area (Å²) >= 11 is 3.25. The van der Waals surface area contributed by atoms with Gasteiger partial charge in [-0.15, -0.1) is 23.5 Å². The van der Waals surface area contributed by atoms with Crippen molar-refractivity contribution in [1.82, 2.24) is 0 Å². The van der Waals surface area contributed by atoms with Crippen LogP contribution in [-0.2, 0) is 52.2 Å². The minimum absolute atomic E-state index is 0.0724. The molecule has 3 saturated heterocycles. The Morgan fingerprint density at radius 3 is 1.48 bits per heavy atom. The Labute approximate surface area is 362 Å². The van der Waals surface area contributed by atoms with Crippen molar-refractivity contribution in [3.8, 4) is 0 Å². The molecule has 3 aromatic rings. The van der Waals surface area contributed by atoms with Gasteiger partial charge >= 0.3 is 11.9 Å². The van der Waals surface area contributed by atoms with Gasteiger partial charge in [0.1, 0.15) is 30.5 Å². The molecule has 14 heteroatoms. The smallest absolute Gasteiger partial charge is 0.338 e. The van der Waals surface area contributed by atoms with Crippen molar-refractivity contribution in [3.63, 3.8) is 0 Å². The van der Waals surface area contributed by atoms with Gasteiger partial charge in [0.15, 0.2) is 24.8 Å². The van der Waals surface area contributed by atoms with Gasteiger partial charge in [0.25, 0.3) is 0 Å². The van der Waals surface area contributed by atoms with E-state index in [1.165, 1.54) is 7.11 Å². The molecule has 328 valence electrons. The van der Waals surface area contributed by atoms with E-state index in [4.69, 9.17) is 47.4 Å². The Bertz CT molecular complexity index is 1800. The van der Waals surface area contributed by atoms with Gasteiger partial charge in [-0.25, -0.2) is 4.79 Å². The normalized spacial score (nSPS) is 34.7. The first-order valence-electron chi connectivity index (χ1n) is 20.5. The summed E-state index contributed by atoms with van der Waals surface area (Å²) in [7, 11) is 4.82. The monoisotopic (exact) mass is 868 g/mol. The molecule has 0 aromatic heterocycles. The number of esters is 2. The zero-order valence-corrected chi connectivity index (χ0v) is 37.7. The molecule has 0 spiro atoms. The molecule has 3 aliphatic rings. The average Bonchev–Trinajstić information content (AvgIpc) is 3.23. The molecule has 0 bridgehead atoms. The van der Waals surface area contributed by atoms with Gasteiger partial charge in [-0.3, -0.25) is 4.79 Å². The standard InChI is InChI=1S/C46H60O12S2/c1-26-34(37(50-9)40(29(4)52-26)59-31-22-16-12-17-23-31)57-44-41(60-32-24-18-13-19-25-32)38(51-10)35(28(3)54-44)56-43-39(58-45(48)46(5,6)7)36(49-8)33(27(2)53-43)55-42(47)30-20-14-11-15-21-30/h11-29,33-41,43-44H,1-10H3. The molecule has 3 aromatic carbocycles. The molecular weight excluding hydrogens is 809 g/mol. The van der Waals surface area contributed by atoms with Crippen molar-refractivity contribution >= 4 is 35.5 Å². The molecule has 0 radical (unpaired) electrons. The number of benzene rings is 3. The van der Waals surface area contributed by atoms with E-state index >= 15 is 0 Å². The third-order valence-electron chi connectivity index (χ3n) is 11.0. The van der Waals surface area contributed by atoms with Gasteiger partial charge in [0, 0.05) is 31.1 Å². The van der Waals surface area contributed by atoms with Crippen molar-refractivity contribution in [3.05, 3.63) is 96.6 Å². The molecule has 0 amide bonds. The Balaban J connectivity index is 1.29. The lowest BCUT2D eigenvalue weighted by Gasteiger charge is -2.50. The molecule has 6 rings (SSSR count). The zero-order valence-electron chi connectivity index (χ0n) is 36.0. The topological polar surface area (TPSA) is 126 Å². The van der Waals surface area contributed by atoms with Gasteiger partial charge in [-0.2, -0.15) is 0 Å². The number of methoxy groups -OCH3 is 3. The summed E-state index contributed by atoms with van der Waals surface area (Å²) in [5.74, 6) is -1.07. The molecular formula is C46H60O12S2. The Kier molecular flexibility index (Phi) is 16.2. The molecule has 3 fully saturated rings. The summed E-state index contributed by atoms with van der Waals surface area (Å²) < 4.78 is 64.6. The highest BCUT2D eigenvalue weighted by Crippen LogP contribution is 2.43. The van der Waals surface area contributed by atoms with E-state index in [-0.39, 0.29) is 23.6 Å². The van der Waals surface area contributed by atoms with Crippen LogP contribution in [0.25, 0.3) is 0 Å². The Morgan fingerprint density at radius 2 is 0.950 bits per heavy atom. The van der Waals surface area contributed by atoms with Crippen LogP contribution in [0.1, 0.15) is 58.8 Å². The molecule has 12 nitrogen and oxygen atoms in total. The number of ether oxygens (including phenoxy) is 10. The van der Waals surface area contributed by atoms with Crippen molar-refractivity contribution < 1.29 is 57.0 Å². The predicted molar refractivity (Wildman–Crippen MR) is 228 cm³/mol. The van der Waals surface area contributed by atoms with Crippen LogP contribution >= 0.6 is 23.5 Å². The summed E-state index contributed by atoms with van der Waals surface area (Å²) in [6, 6.07) is 28.8. The van der Waals surface area contributed by atoms with Crippen LogP contribution in [0.5, 0.6) is 0 Å². The SMILES string of the molecule is COC1C(OC(=O)c2ccccc2)C(C)OC(OC2C(C)OC(OC3C(C)OC(C)C(Sc4ccccc4)C3OC)C(Sc3ccccc3)C2OC)C1OC(=O)C(C)(C)C. The minimum atomic E-state index is -1.17. The molecule has 15 atom stereocenters. The van der Waals surface area contributed by atoms with E-state index in [9.17, 15) is 9.59 Å². The average molecular weight is 869 g/mol. The fraction of sp³-hybridized carbons (Fsp3) is 0.565. The molecule has 0 saturated carbocycles. The summed E-state index contributed by atoms with van der Waals surface area (Å²) in [6.07, 6.45) is -9.02. The second-order valence-corrected chi connectivity index (χ2v) is 18.9. The summed E-state index contributed by atoms with van der Waals surface area (Å²) in [5.41, 5.74) is -0.515. The van der Waals surface area contributed by atoms with Gasteiger partial charge in [-0.1, -0.05) is 54.6 Å². The number of rotatable bonds is 14. The fourth-order valence-corrected chi connectivity index (χ4v) is 10.4. The number of carbonyl (C=O) groups excluding carboxylic acids is 2. The number of hydrogen-bond donors (Lipinski definition) is 0. The van der Waals surface area contributed by atoms with E-state index in [1.54, 1.807) is 89.7 Å². The van der Waals surface area contributed by atoms with Crippen LogP contribution in [0.4, 0.5) is 0 Å². The van der Waals surface area contributed by atoms with Gasteiger partial charge < -0.3 is 47.4 Å². The molecule has 3 heterocycles. The maximum absolute atomic E-state index is 13.6.